The second-order valence-electron chi connectivity index (χ2n) is 7.42. The fraction of sp³-hybridized carbons (Fsp3) is 0.348. The van der Waals surface area contributed by atoms with Gasteiger partial charge in [0.2, 0.25) is 11.9 Å². The van der Waals surface area contributed by atoms with Gasteiger partial charge in [-0.3, -0.25) is 14.9 Å². The van der Waals surface area contributed by atoms with Crippen molar-refractivity contribution in [2.45, 2.75) is 32.7 Å². The molecule has 30 heavy (non-hydrogen) atoms. The summed E-state index contributed by atoms with van der Waals surface area (Å²) in [5.41, 5.74) is 2.89. The highest BCUT2D eigenvalue weighted by atomic mass is 16.5. The number of fused-ring (bicyclic) bond motifs is 1. The summed E-state index contributed by atoms with van der Waals surface area (Å²) in [5, 5.41) is 5.81. The number of amides is 2. The highest BCUT2D eigenvalue weighted by molar-refractivity contribution is 6.05. The molecule has 0 aliphatic heterocycles. The van der Waals surface area contributed by atoms with Gasteiger partial charge in [0.15, 0.2) is 0 Å². The summed E-state index contributed by atoms with van der Waals surface area (Å²) < 4.78 is 7.45. The number of hydrogen-bond acceptors (Lipinski definition) is 4. The van der Waals surface area contributed by atoms with Crippen LogP contribution in [-0.2, 0) is 16.1 Å². The molecule has 0 spiro atoms. The zero-order chi connectivity index (χ0) is 20.9. The van der Waals surface area contributed by atoms with E-state index in [4.69, 9.17) is 4.74 Å². The van der Waals surface area contributed by atoms with Crippen LogP contribution in [0.3, 0.4) is 0 Å². The lowest BCUT2D eigenvalue weighted by Gasteiger charge is -2.11. The summed E-state index contributed by atoms with van der Waals surface area (Å²) in [6.07, 6.45) is 2.69. The Hall–Kier alpha value is -3.19. The number of ether oxygens (including phenoxy) is 1. The molecule has 3 aromatic rings. The van der Waals surface area contributed by atoms with Crippen LogP contribution >= 0.6 is 0 Å². The molecule has 2 amide bonds. The minimum atomic E-state index is -0.265. The Morgan fingerprint density at radius 1 is 1.13 bits per heavy atom. The normalized spacial score (nSPS) is 13.4. The largest absolute Gasteiger partial charge is 0.382 e. The van der Waals surface area contributed by atoms with Crippen LogP contribution < -0.4 is 10.6 Å². The van der Waals surface area contributed by atoms with Crippen molar-refractivity contribution in [2.24, 2.45) is 5.92 Å². The Kier molecular flexibility index (Phi) is 6.09. The van der Waals surface area contributed by atoms with E-state index in [1.807, 2.05) is 35.8 Å². The number of aromatic nitrogens is 2. The fourth-order valence-electron chi connectivity index (χ4n) is 3.37. The van der Waals surface area contributed by atoms with Crippen LogP contribution in [0.4, 0.5) is 11.6 Å². The lowest BCUT2D eigenvalue weighted by atomic mass is 10.2. The van der Waals surface area contributed by atoms with E-state index in [0.717, 1.165) is 30.3 Å². The van der Waals surface area contributed by atoms with Crippen LogP contribution in [0, 0.1) is 5.92 Å². The number of imidazole rings is 1. The highest BCUT2D eigenvalue weighted by Gasteiger charge is 2.29. The van der Waals surface area contributed by atoms with Crippen molar-refractivity contribution in [1.82, 2.24) is 9.55 Å². The first-order valence-corrected chi connectivity index (χ1v) is 10.4. The third-order valence-electron chi connectivity index (χ3n) is 5.09. The summed E-state index contributed by atoms with van der Waals surface area (Å²) in [4.78, 5) is 29.5. The molecular formula is C23H26N4O3. The molecule has 0 atom stereocenters. The predicted octanol–water partition coefficient (Wildman–Crippen LogP) is 4.06. The Balaban J connectivity index is 1.51. The lowest BCUT2D eigenvalue weighted by Crippen LogP contribution is -2.18. The quantitative estimate of drug-likeness (QED) is 0.525. The number of hydrogen-bond donors (Lipinski definition) is 2. The van der Waals surface area contributed by atoms with E-state index in [-0.39, 0.29) is 17.7 Å². The SMILES string of the molecule is CCOCCCn1c(NC(=O)c2cccc(NC(=O)C3CC3)c2)nc2ccccc21. The summed E-state index contributed by atoms with van der Waals surface area (Å²) >= 11 is 0. The van der Waals surface area contributed by atoms with Crippen LogP contribution in [0.5, 0.6) is 0 Å². The fourth-order valence-corrected chi connectivity index (χ4v) is 3.37. The second-order valence-corrected chi connectivity index (χ2v) is 7.42. The first-order valence-electron chi connectivity index (χ1n) is 10.4. The van der Waals surface area contributed by atoms with Crippen molar-refractivity contribution >= 4 is 34.5 Å². The first-order chi connectivity index (χ1) is 14.7. The zero-order valence-corrected chi connectivity index (χ0v) is 17.1. The molecule has 0 saturated heterocycles. The average Bonchev–Trinajstić information content (AvgIpc) is 3.55. The number of aryl methyl sites for hydroxylation is 1. The summed E-state index contributed by atoms with van der Waals surface area (Å²) in [6, 6.07) is 14.8. The predicted molar refractivity (Wildman–Crippen MR) is 117 cm³/mol. The van der Waals surface area contributed by atoms with Crippen LogP contribution in [0.2, 0.25) is 0 Å². The van der Waals surface area contributed by atoms with Crippen molar-refractivity contribution in [3.05, 3.63) is 54.1 Å². The number of nitrogens with zero attached hydrogens (tertiary/aromatic N) is 2. The topological polar surface area (TPSA) is 85.2 Å². The standard InChI is InChI=1S/C23H26N4O3/c1-2-30-14-6-13-27-20-10-4-3-9-19(20)25-23(27)26-22(29)17-7-5-8-18(15-17)24-21(28)16-11-12-16/h3-5,7-10,15-16H,2,6,11-14H2,1H3,(H,24,28)(H,25,26,29). The maximum absolute atomic E-state index is 12.9. The highest BCUT2D eigenvalue weighted by Crippen LogP contribution is 2.30. The van der Waals surface area contributed by atoms with Crippen LogP contribution in [-0.4, -0.2) is 34.6 Å². The maximum Gasteiger partial charge on any atom is 0.258 e. The number of carbonyl (C=O) groups is 2. The van der Waals surface area contributed by atoms with Crippen molar-refractivity contribution in [1.29, 1.82) is 0 Å². The molecule has 0 bridgehead atoms. The van der Waals surface area contributed by atoms with Gasteiger partial charge in [0.05, 0.1) is 11.0 Å². The minimum absolute atomic E-state index is 0.0173. The van der Waals surface area contributed by atoms with Crippen molar-refractivity contribution < 1.29 is 14.3 Å². The van der Waals surface area contributed by atoms with Crippen molar-refractivity contribution in [3.63, 3.8) is 0 Å². The molecule has 0 radical (unpaired) electrons. The molecule has 0 unspecified atom stereocenters. The van der Waals surface area contributed by atoms with Gasteiger partial charge < -0.3 is 14.6 Å². The number of rotatable bonds is 9. The number of nitrogens with one attached hydrogen (secondary N) is 2. The zero-order valence-electron chi connectivity index (χ0n) is 17.1. The van der Waals surface area contributed by atoms with Gasteiger partial charge in [-0.25, -0.2) is 4.98 Å². The Bertz CT molecular complexity index is 1060. The van der Waals surface area contributed by atoms with E-state index >= 15 is 0 Å². The molecule has 156 valence electrons. The number of benzene rings is 2. The molecule has 2 aromatic carbocycles. The summed E-state index contributed by atoms with van der Waals surface area (Å²) in [6.45, 7) is 3.99. The Morgan fingerprint density at radius 2 is 1.97 bits per heavy atom. The van der Waals surface area contributed by atoms with Crippen LogP contribution in [0.1, 0.15) is 36.5 Å². The molecule has 1 fully saturated rings. The summed E-state index contributed by atoms with van der Waals surface area (Å²) in [5.74, 6) is 0.367. The van der Waals surface area contributed by atoms with Gasteiger partial charge in [-0.15, -0.1) is 0 Å². The Morgan fingerprint density at radius 3 is 2.77 bits per heavy atom. The third kappa shape index (κ3) is 4.68. The molecule has 7 nitrogen and oxygen atoms in total. The molecule has 2 N–H and O–H groups in total. The number of anilines is 2. The van der Waals surface area contributed by atoms with Gasteiger partial charge in [0.25, 0.3) is 5.91 Å². The van der Waals surface area contributed by atoms with E-state index < -0.39 is 0 Å². The van der Waals surface area contributed by atoms with Gasteiger partial charge in [0.1, 0.15) is 0 Å². The van der Waals surface area contributed by atoms with E-state index in [9.17, 15) is 9.59 Å². The first kappa shape index (κ1) is 20.1. The number of carbonyl (C=O) groups excluding carboxylic acids is 2. The lowest BCUT2D eigenvalue weighted by molar-refractivity contribution is -0.117. The number of para-hydroxylation sites is 2. The molecular weight excluding hydrogens is 380 g/mol. The van der Waals surface area contributed by atoms with Gasteiger partial charge in [-0.2, -0.15) is 0 Å². The van der Waals surface area contributed by atoms with Crippen molar-refractivity contribution in [2.75, 3.05) is 23.8 Å². The van der Waals surface area contributed by atoms with Crippen LogP contribution in [0.25, 0.3) is 11.0 Å². The van der Waals surface area contributed by atoms with Crippen molar-refractivity contribution in [3.8, 4) is 0 Å². The van der Waals surface area contributed by atoms with E-state index in [1.165, 1.54) is 0 Å². The molecule has 7 heteroatoms. The van der Waals surface area contributed by atoms with Gasteiger partial charge >= 0.3 is 0 Å². The smallest absolute Gasteiger partial charge is 0.258 e. The van der Waals surface area contributed by atoms with E-state index in [0.29, 0.717) is 37.0 Å². The Labute approximate surface area is 175 Å². The molecule has 1 heterocycles. The molecule has 1 aliphatic rings. The van der Waals surface area contributed by atoms with Gasteiger partial charge in [0, 0.05) is 36.9 Å². The van der Waals surface area contributed by atoms with E-state index in [2.05, 4.69) is 15.6 Å². The molecule has 1 aromatic heterocycles. The summed E-state index contributed by atoms with van der Waals surface area (Å²) in [7, 11) is 0. The maximum atomic E-state index is 12.9. The van der Waals surface area contributed by atoms with E-state index in [1.54, 1.807) is 24.3 Å². The third-order valence-corrected chi connectivity index (χ3v) is 5.09. The second kappa shape index (κ2) is 9.09. The monoisotopic (exact) mass is 406 g/mol. The minimum Gasteiger partial charge on any atom is -0.382 e. The van der Waals surface area contributed by atoms with Gasteiger partial charge in [-0.05, 0) is 56.5 Å². The molecule has 1 aliphatic carbocycles. The average molecular weight is 406 g/mol. The van der Waals surface area contributed by atoms with Gasteiger partial charge in [-0.1, -0.05) is 18.2 Å². The molecule has 1 saturated carbocycles. The molecule has 4 rings (SSSR count). The van der Waals surface area contributed by atoms with Crippen LogP contribution in [0.15, 0.2) is 48.5 Å².